The molecule has 74 valence electrons. The number of aromatic nitrogens is 1. The van der Waals surface area contributed by atoms with Gasteiger partial charge < -0.3 is 4.98 Å². The second kappa shape index (κ2) is 3.79. The van der Waals surface area contributed by atoms with Gasteiger partial charge in [0.25, 0.3) is 0 Å². The summed E-state index contributed by atoms with van der Waals surface area (Å²) in [4.78, 5) is 3.13. The molecule has 0 saturated carbocycles. The molecule has 0 radical (unpaired) electrons. The highest BCUT2D eigenvalue weighted by atomic mass is 16.8. The lowest BCUT2D eigenvalue weighted by atomic mass is 10.1. The van der Waals surface area contributed by atoms with Gasteiger partial charge >= 0.3 is 0 Å². The zero-order chi connectivity index (χ0) is 9.97. The Morgan fingerprint density at radius 2 is 2.00 bits per heavy atom. The average Bonchev–Trinajstić information content (AvgIpc) is 2.58. The summed E-state index contributed by atoms with van der Waals surface area (Å²) in [7, 11) is 0. The van der Waals surface area contributed by atoms with Crippen LogP contribution in [0.3, 0.4) is 0 Å². The molecule has 0 spiro atoms. The second-order valence-corrected chi connectivity index (χ2v) is 3.21. The first-order chi connectivity index (χ1) is 6.77. The van der Waals surface area contributed by atoms with E-state index < -0.39 is 0 Å². The molecule has 3 N–H and O–H groups in total. The molecule has 0 aliphatic rings. The summed E-state index contributed by atoms with van der Waals surface area (Å²) in [5.74, 6) is 0. The number of hydrogen-bond donors (Lipinski definition) is 3. The van der Waals surface area contributed by atoms with E-state index >= 15 is 0 Å². The van der Waals surface area contributed by atoms with Crippen LogP contribution in [0.4, 0.5) is 0 Å². The average molecular weight is 192 g/mol. The van der Waals surface area contributed by atoms with E-state index in [9.17, 15) is 0 Å². The molecule has 1 heterocycles. The number of hydroxylamine groups is 2. The summed E-state index contributed by atoms with van der Waals surface area (Å²) in [6.07, 6.45) is 2.51. The van der Waals surface area contributed by atoms with Crippen molar-refractivity contribution in [3.05, 3.63) is 36.0 Å². The third-order valence-corrected chi connectivity index (χ3v) is 2.26. The Morgan fingerprint density at radius 1 is 1.21 bits per heavy atom. The minimum absolute atomic E-state index is 0.210. The van der Waals surface area contributed by atoms with Crippen molar-refractivity contribution in [2.75, 3.05) is 6.54 Å². The molecule has 0 aliphatic carbocycles. The van der Waals surface area contributed by atoms with Gasteiger partial charge in [0, 0.05) is 17.1 Å². The van der Waals surface area contributed by atoms with Crippen molar-refractivity contribution in [1.82, 2.24) is 10.2 Å². The van der Waals surface area contributed by atoms with Gasteiger partial charge in [0.15, 0.2) is 0 Å². The molecule has 0 bridgehead atoms. The van der Waals surface area contributed by atoms with Crippen LogP contribution < -0.4 is 0 Å². The predicted octanol–water partition coefficient (Wildman–Crippen LogP) is 1.79. The van der Waals surface area contributed by atoms with E-state index in [-0.39, 0.29) is 11.8 Å². The van der Waals surface area contributed by atoms with E-state index in [2.05, 4.69) is 4.98 Å². The van der Waals surface area contributed by atoms with Crippen LogP contribution in [0.5, 0.6) is 0 Å². The number of para-hydroxylation sites is 1. The third kappa shape index (κ3) is 1.77. The highest BCUT2D eigenvalue weighted by Crippen LogP contribution is 2.17. The molecular formula is C10H12N2O2. The number of benzene rings is 1. The maximum atomic E-state index is 8.60. The first-order valence-electron chi connectivity index (χ1n) is 4.47. The second-order valence-electron chi connectivity index (χ2n) is 3.21. The monoisotopic (exact) mass is 192 g/mol. The molecule has 1 aromatic carbocycles. The standard InChI is InChI=1S/C10H12N2O2/c13-12(14)6-5-8-7-11-10-4-2-1-3-9(8)10/h1-4,7,11,13-14H,5-6H2. The molecular weight excluding hydrogens is 180 g/mol. The Bertz CT molecular complexity index is 423. The van der Waals surface area contributed by atoms with Gasteiger partial charge in [-0.1, -0.05) is 23.4 Å². The number of hydrogen-bond acceptors (Lipinski definition) is 3. The van der Waals surface area contributed by atoms with Gasteiger partial charge in [-0.05, 0) is 18.1 Å². The van der Waals surface area contributed by atoms with Crippen molar-refractivity contribution in [2.24, 2.45) is 0 Å². The van der Waals surface area contributed by atoms with E-state index in [0.29, 0.717) is 6.42 Å². The lowest BCUT2D eigenvalue weighted by molar-refractivity contribution is -0.305. The Kier molecular flexibility index (Phi) is 2.49. The summed E-state index contributed by atoms with van der Waals surface area (Å²) >= 11 is 0. The number of rotatable bonds is 3. The van der Waals surface area contributed by atoms with Crippen molar-refractivity contribution in [3.8, 4) is 0 Å². The highest BCUT2D eigenvalue weighted by Gasteiger charge is 2.03. The molecule has 1 aromatic heterocycles. The molecule has 4 heteroatoms. The molecule has 14 heavy (non-hydrogen) atoms. The molecule has 2 rings (SSSR count). The molecule has 4 nitrogen and oxygen atoms in total. The van der Waals surface area contributed by atoms with Gasteiger partial charge in [0.1, 0.15) is 0 Å². The number of nitrogens with zero attached hydrogens (tertiary/aromatic N) is 1. The smallest absolute Gasteiger partial charge is 0.0554 e. The summed E-state index contributed by atoms with van der Waals surface area (Å²) in [5.41, 5.74) is 2.17. The fourth-order valence-electron chi connectivity index (χ4n) is 1.56. The summed E-state index contributed by atoms with van der Waals surface area (Å²) < 4.78 is 0. The molecule has 0 unspecified atom stereocenters. The zero-order valence-electron chi connectivity index (χ0n) is 7.64. The number of aromatic amines is 1. The van der Waals surface area contributed by atoms with E-state index in [1.54, 1.807) is 0 Å². The van der Waals surface area contributed by atoms with Crippen LogP contribution in [-0.2, 0) is 6.42 Å². The van der Waals surface area contributed by atoms with Crippen molar-refractivity contribution in [3.63, 3.8) is 0 Å². The SMILES string of the molecule is ON(O)CCc1c[nH]c2ccccc12. The zero-order valence-corrected chi connectivity index (χ0v) is 7.64. The molecule has 0 aliphatic heterocycles. The third-order valence-electron chi connectivity index (χ3n) is 2.26. The van der Waals surface area contributed by atoms with Crippen LogP contribution in [0.2, 0.25) is 0 Å². The first kappa shape index (κ1) is 9.21. The van der Waals surface area contributed by atoms with Gasteiger partial charge in [-0.15, -0.1) is 0 Å². The maximum Gasteiger partial charge on any atom is 0.0554 e. The van der Waals surface area contributed by atoms with Crippen LogP contribution in [0.25, 0.3) is 10.9 Å². The van der Waals surface area contributed by atoms with Crippen molar-refractivity contribution >= 4 is 10.9 Å². The van der Waals surface area contributed by atoms with Crippen LogP contribution in [-0.4, -0.2) is 27.2 Å². The van der Waals surface area contributed by atoms with E-state index in [4.69, 9.17) is 10.4 Å². The van der Waals surface area contributed by atoms with Crippen LogP contribution in [0, 0.1) is 0 Å². The van der Waals surface area contributed by atoms with Gasteiger partial charge in [0.05, 0.1) is 6.54 Å². The highest BCUT2D eigenvalue weighted by molar-refractivity contribution is 5.82. The maximum absolute atomic E-state index is 8.60. The first-order valence-corrected chi connectivity index (χ1v) is 4.47. The van der Waals surface area contributed by atoms with E-state index in [0.717, 1.165) is 16.5 Å². The predicted molar refractivity (Wildman–Crippen MR) is 52.3 cm³/mol. The minimum atomic E-state index is 0.210. The number of fused-ring (bicyclic) bond motifs is 1. The van der Waals surface area contributed by atoms with Crippen molar-refractivity contribution < 1.29 is 10.4 Å². The van der Waals surface area contributed by atoms with Crippen LogP contribution >= 0.6 is 0 Å². The van der Waals surface area contributed by atoms with Gasteiger partial charge in [-0.25, -0.2) is 0 Å². The molecule has 0 atom stereocenters. The van der Waals surface area contributed by atoms with Crippen LogP contribution in [0.15, 0.2) is 30.5 Å². The molecule has 0 saturated heterocycles. The van der Waals surface area contributed by atoms with Crippen LogP contribution in [0.1, 0.15) is 5.56 Å². The fourth-order valence-corrected chi connectivity index (χ4v) is 1.56. The topological polar surface area (TPSA) is 59.5 Å². The Hall–Kier alpha value is -1.36. The largest absolute Gasteiger partial charge is 0.361 e. The molecule has 0 fully saturated rings. The van der Waals surface area contributed by atoms with E-state index in [1.807, 2.05) is 30.5 Å². The summed E-state index contributed by atoms with van der Waals surface area (Å²) in [6.45, 7) is 0.210. The van der Waals surface area contributed by atoms with Gasteiger partial charge in [-0.3, -0.25) is 10.4 Å². The van der Waals surface area contributed by atoms with Gasteiger partial charge in [-0.2, -0.15) is 0 Å². The number of H-pyrrole nitrogens is 1. The Morgan fingerprint density at radius 3 is 2.79 bits per heavy atom. The molecule has 2 aromatic rings. The van der Waals surface area contributed by atoms with Gasteiger partial charge in [0.2, 0.25) is 0 Å². The van der Waals surface area contributed by atoms with E-state index in [1.165, 1.54) is 0 Å². The number of nitrogens with one attached hydrogen (secondary N) is 1. The summed E-state index contributed by atoms with van der Waals surface area (Å²) in [5, 5.41) is 18.5. The summed E-state index contributed by atoms with van der Waals surface area (Å²) in [6, 6.07) is 7.94. The molecule has 0 amide bonds. The fraction of sp³-hybridized carbons (Fsp3) is 0.200. The Balaban J connectivity index is 2.25. The minimum Gasteiger partial charge on any atom is -0.361 e. The van der Waals surface area contributed by atoms with Crippen molar-refractivity contribution in [2.45, 2.75) is 6.42 Å². The Labute approximate surface area is 81.3 Å². The van der Waals surface area contributed by atoms with Crippen molar-refractivity contribution in [1.29, 1.82) is 0 Å². The lowest BCUT2D eigenvalue weighted by Gasteiger charge is -2.04. The lowest BCUT2D eigenvalue weighted by Crippen LogP contribution is -2.16. The normalized spacial score (nSPS) is 11.4. The quantitative estimate of drug-likeness (QED) is 0.650.